The number of guanidine groups is 1. The van der Waals surface area contributed by atoms with Gasteiger partial charge in [0.2, 0.25) is 0 Å². The molecule has 2 N–H and O–H groups in total. The molecule has 0 bridgehead atoms. The molecule has 2 rings (SSSR count). The number of aliphatic imine (C=N–C) groups is 1. The van der Waals surface area contributed by atoms with Gasteiger partial charge >= 0.3 is 0 Å². The van der Waals surface area contributed by atoms with Crippen LogP contribution in [0.4, 0.5) is 0 Å². The first-order valence-electron chi connectivity index (χ1n) is 6.81. The molecule has 0 fully saturated rings. The zero-order valence-electron chi connectivity index (χ0n) is 12.5. The van der Waals surface area contributed by atoms with Crippen molar-refractivity contribution in [3.8, 4) is 0 Å². The second-order valence-corrected chi connectivity index (χ2v) is 4.62. The first-order chi connectivity index (χ1) is 9.78. The van der Waals surface area contributed by atoms with Crippen molar-refractivity contribution in [1.29, 1.82) is 0 Å². The Balaban J connectivity index is 0.00000220. The van der Waals surface area contributed by atoms with Gasteiger partial charge in [0.15, 0.2) is 5.96 Å². The van der Waals surface area contributed by atoms with Crippen LogP contribution < -0.4 is 10.6 Å². The molecule has 2 heterocycles. The summed E-state index contributed by atoms with van der Waals surface area (Å²) in [7, 11) is 3.72. The van der Waals surface area contributed by atoms with Gasteiger partial charge in [0.25, 0.3) is 0 Å². The van der Waals surface area contributed by atoms with Crippen molar-refractivity contribution in [2.45, 2.75) is 13.0 Å². The van der Waals surface area contributed by atoms with E-state index in [0.717, 1.165) is 32.0 Å². The predicted molar refractivity (Wildman–Crippen MR) is 96.1 cm³/mol. The van der Waals surface area contributed by atoms with Crippen molar-refractivity contribution >= 4 is 29.9 Å². The van der Waals surface area contributed by atoms with Crippen LogP contribution in [0.15, 0.2) is 41.9 Å². The molecule has 2 aromatic heterocycles. The van der Waals surface area contributed by atoms with E-state index in [1.54, 1.807) is 7.05 Å². The number of halogens is 1. The van der Waals surface area contributed by atoms with E-state index in [-0.39, 0.29) is 24.0 Å². The minimum Gasteiger partial charge on any atom is -0.356 e. The molecule has 21 heavy (non-hydrogen) atoms. The fourth-order valence-electron chi connectivity index (χ4n) is 1.97. The molecule has 6 nitrogen and oxygen atoms in total. The molecule has 0 unspecified atom stereocenters. The van der Waals surface area contributed by atoms with Gasteiger partial charge in [0, 0.05) is 52.3 Å². The number of rotatable bonds is 6. The fraction of sp³-hybridized carbons (Fsp3) is 0.429. The van der Waals surface area contributed by atoms with E-state index in [2.05, 4.69) is 37.7 Å². The third-order valence-electron chi connectivity index (χ3n) is 3.02. The molecule has 116 valence electrons. The lowest BCUT2D eigenvalue weighted by Crippen LogP contribution is -2.39. The van der Waals surface area contributed by atoms with Gasteiger partial charge < -0.3 is 15.2 Å². The van der Waals surface area contributed by atoms with E-state index in [9.17, 15) is 0 Å². The molecule has 0 saturated heterocycles. The minimum atomic E-state index is 0. The maximum absolute atomic E-state index is 4.21. The Bertz CT molecular complexity index is 531. The summed E-state index contributed by atoms with van der Waals surface area (Å²) in [5.74, 6) is 0.834. The first kappa shape index (κ1) is 17.5. The van der Waals surface area contributed by atoms with E-state index in [1.165, 1.54) is 5.56 Å². The van der Waals surface area contributed by atoms with Crippen molar-refractivity contribution in [2.75, 3.05) is 20.1 Å². The zero-order valence-corrected chi connectivity index (χ0v) is 14.8. The summed E-state index contributed by atoms with van der Waals surface area (Å²) >= 11 is 0. The average Bonchev–Trinajstić information content (AvgIpc) is 3.09. The van der Waals surface area contributed by atoms with E-state index in [1.807, 2.05) is 36.3 Å². The highest BCUT2D eigenvalue weighted by Gasteiger charge is 1.99. The van der Waals surface area contributed by atoms with Gasteiger partial charge in [-0.05, 0) is 24.1 Å². The number of hydrogen-bond acceptors (Lipinski definition) is 2. The Morgan fingerprint density at radius 2 is 1.95 bits per heavy atom. The highest BCUT2D eigenvalue weighted by molar-refractivity contribution is 14.0. The largest absolute Gasteiger partial charge is 0.356 e. The molecular formula is C14H23IN6. The Kier molecular flexibility index (Phi) is 7.88. The van der Waals surface area contributed by atoms with Gasteiger partial charge in [-0.25, -0.2) is 0 Å². The monoisotopic (exact) mass is 402 g/mol. The van der Waals surface area contributed by atoms with Crippen molar-refractivity contribution in [2.24, 2.45) is 12.0 Å². The number of aryl methyl sites for hydroxylation is 1. The van der Waals surface area contributed by atoms with Gasteiger partial charge in [-0.3, -0.25) is 9.67 Å². The van der Waals surface area contributed by atoms with Gasteiger partial charge in [-0.2, -0.15) is 5.10 Å². The molecule has 0 aliphatic heterocycles. The molecule has 0 aliphatic carbocycles. The number of nitrogens with one attached hydrogen (secondary N) is 2. The summed E-state index contributed by atoms with van der Waals surface area (Å²) < 4.78 is 3.95. The summed E-state index contributed by atoms with van der Waals surface area (Å²) in [6, 6.07) is 4.06. The second kappa shape index (κ2) is 9.43. The molecule has 2 aromatic rings. The van der Waals surface area contributed by atoms with Crippen LogP contribution in [0.1, 0.15) is 5.56 Å². The molecular weight excluding hydrogens is 379 g/mol. The lowest BCUT2D eigenvalue weighted by atomic mass is 10.2. The quantitative estimate of drug-likeness (QED) is 0.435. The van der Waals surface area contributed by atoms with E-state index >= 15 is 0 Å². The summed E-state index contributed by atoms with van der Waals surface area (Å²) in [5.41, 5.74) is 1.22. The summed E-state index contributed by atoms with van der Waals surface area (Å²) in [5, 5.41) is 10.7. The summed E-state index contributed by atoms with van der Waals surface area (Å²) in [6.07, 6.45) is 8.97. The van der Waals surface area contributed by atoms with Gasteiger partial charge in [0.1, 0.15) is 0 Å². The van der Waals surface area contributed by atoms with Crippen LogP contribution in [0, 0.1) is 0 Å². The minimum absolute atomic E-state index is 0. The zero-order chi connectivity index (χ0) is 14.2. The molecule has 7 heteroatoms. The van der Waals surface area contributed by atoms with Gasteiger partial charge in [-0.1, -0.05) is 0 Å². The van der Waals surface area contributed by atoms with Crippen LogP contribution in [0.25, 0.3) is 0 Å². The van der Waals surface area contributed by atoms with Crippen LogP contribution in [0.5, 0.6) is 0 Å². The Labute approximate surface area is 142 Å². The summed E-state index contributed by atoms with van der Waals surface area (Å²) in [4.78, 5) is 4.21. The van der Waals surface area contributed by atoms with E-state index in [0.29, 0.717) is 0 Å². The number of hydrogen-bond donors (Lipinski definition) is 2. The molecule has 0 atom stereocenters. The fourth-order valence-corrected chi connectivity index (χ4v) is 1.97. The van der Waals surface area contributed by atoms with Crippen LogP contribution in [-0.2, 0) is 20.0 Å². The van der Waals surface area contributed by atoms with Crippen LogP contribution in [-0.4, -0.2) is 40.4 Å². The third-order valence-corrected chi connectivity index (χ3v) is 3.02. The highest BCUT2D eigenvalue weighted by atomic mass is 127. The van der Waals surface area contributed by atoms with E-state index in [4.69, 9.17) is 0 Å². The van der Waals surface area contributed by atoms with Crippen molar-refractivity contribution in [3.63, 3.8) is 0 Å². The molecule has 0 amide bonds. The third kappa shape index (κ3) is 6.19. The maximum atomic E-state index is 4.21. The Morgan fingerprint density at radius 1 is 1.24 bits per heavy atom. The normalized spacial score (nSPS) is 11.0. The highest BCUT2D eigenvalue weighted by Crippen LogP contribution is 1.95. The van der Waals surface area contributed by atoms with Crippen LogP contribution in [0.2, 0.25) is 0 Å². The smallest absolute Gasteiger partial charge is 0.191 e. The maximum Gasteiger partial charge on any atom is 0.191 e. The Morgan fingerprint density at radius 3 is 2.57 bits per heavy atom. The lowest BCUT2D eigenvalue weighted by molar-refractivity contribution is 0.665. The van der Waals surface area contributed by atoms with Crippen molar-refractivity contribution in [3.05, 3.63) is 42.5 Å². The van der Waals surface area contributed by atoms with Crippen molar-refractivity contribution < 1.29 is 0 Å². The predicted octanol–water partition coefficient (Wildman–Crippen LogP) is 1.25. The summed E-state index contributed by atoms with van der Waals surface area (Å²) in [6.45, 7) is 2.62. The molecule has 0 saturated carbocycles. The standard InChI is InChI=1S/C14H22N6.HI/c1-15-14(17-7-10-20-8-3-4-9-20)16-6-5-13-11-18-19(2)12-13;/h3-4,8-9,11-12H,5-7,10H2,1-2H3,(H2,15,16,17);1H. The molecule has 0 aliphatic rings. The van der Waals surface area contributed by atoms with E-state index < -0.39 is 0 Å². The molecule has 0 spiro atoms. The molecule has 0 aromatic carbocycles. The first-order valence-corrected chi connectivity index (χ1v) is 6.81. The van der Waals surface area contributed by atoms with Crippen LogP contribution in [0.3, 0.4) is 0 Å². The lowest BCUT2D eigenvalue weighted by Gasteiger charge is -2.11. The van der Waals surface area contributed by atoms with Gasteiger partial charge in [0.05, 0.1) is 6.20 Å². The molecule has 0 radical (unpaired) electrons. The van der Waals surface area contributed by atoms with Gasteiger partial charge in [-0.15, -0.1) is 24.0 Å². The number of aromatic nitrogens is 3. The van der Waals surface area contributed by atoms with Crippen molar-refractivity contribution in [1.82, 2.24) is 25.0 Å². The SMILES string of the molecule is CN=C(NCCc1cnn(C)c1)NCCn1cccc1.I. The number of nitrogens with zero attached hydrogens (tertiary/aromatic N) is 4. The Hall–Kier alpha value is -1.51. The topological polar surface area (TPSA) is 59.2 Å². The average molecular weight is 402 g/mol. The van der Waals surface area contributed by atoms with Crippen LogP contribution >= 0.6 is 24.0 Å². The second-order valence-electron chi connectivity index (χ2n) is 4.62.